The predicted octanol–water partition coefficient (Wildman–Crippen LogP) is 1.26. The van der Waals surface area contributed by atoms with E-state index in [4.69, 9.17) is 0 Å². The van der Waals surface area contributed by atoms with Crippen LogP contribution in [0.2, 0.25) is 0 Å². The highest BCUT2D eigenvalue weighted by molar-refractivity contribution is 6.04. The molecule has 0 atom stereocenters. The van der Waals surface area contributed by atoms with Gasteiger partial charge >= 0.3 is 0 Å². The second-order valence-corrected chi connectivity index (χ2v) is 3.38. The van der Waals surface area contributed by atoms with Crippen LogP contribution in [0.25, 0.3) is 0 Å². The van der Waals surface area contributed by atoms with Crippen molar-refractivity contribution in [2.75, 3.05) is 5.32 Å². The Labute approximate surface area is 97.1 Å². The van der Waals surface area contributed by atoms with Gasteiger partial charge in [-0.2, -0.15) is 0 Å². The highest BCUT2D eigenvalue weighted by Gasteiger charge is 2.11. The van der Waals surface area contributed by atoms with Crippen LogP contribution in [-0.2, 0) is 0 Å². The number of carbonyl (C=O) groups excluding carboxylic acids is 2. The lowest BCUT2D eigenvalue weighted by atomic mass is 10.2. The largest absolute Gasteiger partial charge is 0.356 e. The van der Waals surface area contributed by atoms with E-state index in [1.807, 2.05) is 0 Å². The first-order chi connectivity index (χ1) is 8.16. The Bertz CT molecular complexity index is 548. The van der Waals surface area contributed by atoms with E-state index < -0.39 is 0 Å². The van der Waals surface area contributed by atoms with E-state index in [9.17, 15) is 9.59 Å². The summed E-state index contributed by atoms with van der Waals surface area (Å²) in [6.45, 7) is 1.44. The molecule has 0 fully saturated rings. The summed E-state index contributed by atoms with van der Waals surface area (Å²) >= 11 is 0. The van der Waals surface area contributed by atoms with Gasteiger partial charge in [-0.25, -0.2) is 9.97 Å². The molecule has 0 saturated carbocycles. The number of carbonyl (C=O) groups is 2. The first-order valence-electron chi connectivity index (χ1n) is 4.94. The number of Topliss-reactive ketones (excluding diaryl/α,β-unsaturated/α-hetero) is 1. The van der Waals surface area contributed by atoms with Crippen LogP contribution in [0.5, 0.6) is 0 Å². The highest BCUT2D eigenvalue weighted by atomic mass is 16.2. The van der Waals surface area contributed by atoms with Crippen molar-refractivity contribution in [2.24, 2.45) is 0 Å². The third-order valence-corrected chi connectivity index (χ3v) is 2.13. The zero-order chi connectivity index (χ0) is 12.3. The van der Waals surface area contributed by atoms with Gasteiger partial charge in [0, 0.05) is 24.2 Å². The number of amides is 1. The Balaban J connectivity index is 2.12. The summed E-state index contributed by atoms with van der Waals surface area (Å²) in [4.78, 5) is 33.2. The molecule has 0 aliphatic carbocycles. The van der Waals surface area contributed by atoms with Gasteiger partial charge in [-0.3, -0.25) is 14.9 Å². The lowest BCUT2D eigenvalue weighted by molar-refractivity contribution is 0.101. The van der Waals surface area contributed by atoms with Crippen molar-refractivity contribution < 1.29 is 9.59 Å². The number of H-pyrrole nitrogens is 1. The molecule has 1 amide bonds. The first kappa shape index (κ1) is 11.0. The third kappa shape index (κ3) is 2.54. The summed E-state index contributed by atoms with van der Waals surface area (Å²) in [5, 5.41) is 2.51. The fourth-order valence-corrected chi connectivity index (χ4v) is 1.26. The lowest BCUT2D eigenvalue weighted by Crippen LogP contribution is -2.14. The molecule has 2 aromatic heterocycles. The van der Waals surface area contributed by atoms with E-state index in [2.05, 4.69) is 20.3 Å². The van der Waals surface area contributed by atoms with E-state index in [1.54, 1.807) is 6.07 Å². The summed E-state index contributed by atoms with van der Waals surface area (Å²) in [6, 6.07) is 3.14. The molecule has 17 heavy (non-hydrogen) atoms. The standard InChI is InChI=1S/C11H10N4O2/c1-7(16)8-5-9(14-6-8)10(17)15-11-12-3-2-4-13-11/h2-6,14H,1H3,(H,12,13,15,17). The summed E-state index contributed by atoms with van der Waals surface area (Å²) in [5.74, 6) is -0.267. The van der Waals surface area contributed by atoms with Gasteiger partial charge in [0.2, 0.25) is 5.95 Å². The molecule has 0 unspecified atom stereocenters. The molecular formula is C11H10N4O2. The zero-order valence-electron chi connectivity index (χ0n) is 9.10. The minimum atomic E-state index is -0.385. The van der Waals surface area contributed by atoms with Gasteiger partial charge in [0.25, 0.3) is 5.91 Å². The van der Waals surface area contributed by atoms with Crippen molar-refractivity contribution in [3.8, 4) is 0 Å². The van der Waals surface area contributed by atoms with E-state index in [0.29, 0.717) is 11.3 Å². The minimum Gasteiger partial charge on any atom is -0.356 e. The molecule has 86 valence electrons. The quantitative estimate of drug-likeness (QED) is 0.777. The molecule has 0 aliphatic heterocycles. The smallest absolute Gasteiger partial charge is 0.274 e. The van der Waals surface area contributed by atoms with E-state index >= 15 is 0 Å². The Morgan fingerprint density at radius 1 is 1.29 bits per heavy atom. The SMILES string of the molecule is CC(=O)c1c[nH]c(C(=O)Nc2ncccn2)c1. The van der Waals surface area contributed by atoms with Crippen molar-refractivity contribution in [2.45, 2.75) is 6.92 Å². The number of nitrogens with one attached hydrogen (secondary N) is 2. The Kier molecular flexibility index (Phi) is 2.95. The van der Waals surface area contributed by atoms with E-state index in [0.717, 1.165) is 0 Å². The molecule has 0 aromatic carbocycles. The molecule has 6 nitrogen and oxygen atoms in total. The van der Waals surface area contributed by atoms with Crippen LogP contribution in [0.1, 0.15) is 27.8 Å². The normalized spacial score (nSPS) is 9.94. The van der Waals surface area contributed by atoms with Crippen LogP contribution >= 0.6 is 0 Å². The summed E-state index contributed by atoms with van der Waals surface area (Å²) in [6.07, 6.45) is 4.54. The van der Waals surface area contributed by atoms with Crippen molar-refractivity contribution in [1.29, 1.82) is 0 Å². The summed E-state index contributed by atoms with van der Waals surface area (Å²) in [5.41, 5.74) is 0.756. The van der Waals surface area contributed by atoms with Gasteiger partial charge in [-0.1, -0.05) is 0 Å². The van der Waals surface area contributed by atoms with Gasteiger partial charge in [-0.05, 0) is 19.1 Å². The topological polar surface area (TPSA) is 87.7 Å². The molecule has 0 aliphatic rings. The van der Waals surface area contributed by atoms with Crippen LogP contribution in [0.15, 0.2) is 30.7 Å². The van der Waals surface area contributed by atoms with Crippen LogP contribution in [0.3, 0.4) is 0 Å². The lowest BCUT2D eigenvalue weighted by Gasteiger charge is -1.99. The molecule has 2 heterocycles. The maximum absolute atomic E-state index is 11.7. The maximum atomic E-state index is 11.7. The second kappa shape index (κ2) is 4.56. The average Bonchev–Trinajstić information content (AvgIpc) is 2.79. The maximum Gasteiger partial charge on any atom is 0.274 e. The fourth-order valence-electron chi connectivity index (χ4n) is 1.26. The van der Waals surface area contributed by atoms with E-state index in [-0.39, 0.29) is 17.6 Å². The zero-order valence-corrected chi connectivity index (χ0v) is 9.10. The molecular weight excluding hydrogens is 220 g/mol. The number of aromatic amines is 1. The monoisotopic (exact) mass is 230 g/mol. The van der Waals surface area contributed by atoms with Gasteiger partial charge in [0.15, 0.2) is 5.78 Å². The molecule has 2 aromatic rings. The third-order valence-electron chi connectivity index (χ3n) is 2.13. The molecule has 0 saturated heterocycles. The number of aromatic nitrogens is 3. The Morgan fingerprint density at radius 2 is 2.00 bits per heavy atom. The summed E-state index contributed by atoms with van der Waals surface area (Å²) < 4.78 is 0. The van der Waals surface area contributed by atoms with Crippen LogP contribution < -0.4 is 5.32 Å². The number of nitrogens with zero attached hydrogens (tertiary/aromatic N) is 2. The van der Waals surface area contributed by atoms with Gasteiger partial charge in [0.1, 0.15) is 5.69 Å². The number of ketones is 1. The fraction of sp³-hybridized carbons (Fsp3) is 0.0909. The van der Waals surface area contributed by atoms with Crippen molar-refractivity contribution in [3.63, 3.8) is 0 Å². The van der Waals surface area contributed by atoms with Crippen LogP contribution in [0, 0.1) is 0 Å². The Morgan fingerprint density at radius 3 is 2.59 bits per heavy atom. The number of rotatable bonds is 3. The summed E-state index contributed by atoms with van der Waals surface area (Å²) in [7, 11) is 0. The molecule has 2 N–H and O–H groups in total. The van der Waals surface area contributed by atoms with Crippen LogP contribution in [0.4, 0.5) is 5.95 Å². The molecule has 0 radical (unpaired) electrons. The minimum absolute atomic E-state index is 0.101. The van der Waals surface area contributed by atoms with Crippen molar-refractivity contribution in [1.82, 2.24) is 15.0 Å². The number of anilines is 1. The molecule has 0 spiro atoms. The highest BCUT2D eigenvalue weighted by Crippen LogP contribution is 2.06. The van der Waals surface area contributed by atoms with Crippen molar-refractivity contribution >= 4 is 17.6 Å². The number of hydrogen-bond acceptors (Lipinski definition) is 4. The second-order valence-electron chi connectivity index (χ2n) is 3.38. The first-order valence-corrected chi connectivity index (χ1v) is 4.94. The van der Waals surface area contributed by atoms with Gasteiger partial charge < -0.3 is 4.98 Å². The van der Waals surface area contributed by atoms with E-state index in [1.165, 1.54) is 31.6 Å². The van der Waals surface area contributed by atoms with Crippen LogP contribution in [-0.4, -0.2) is 26.6 Å². The van der Waals surface area contributed by atoms with Gasteiger partial charge in [-0.15, -0.1) is 0 Å². The molecule has 0 bridgehead atoms. The predicted molar refractivity (Wildman–Crippen MR) is 60.8 cm³/mol. The number of hydrogen-bond donors (Lipinski definition) is 2. The molecule has 2 rings (SSSR count). The van der Waals surface area contributed by atoms with Crippen molar-refractivity contribution in [3.05, 3.63) is 42.0 Å². The molecule has 6 heteroatoms. The average molecular weight is 230 g/mol. The Hall–Kier alpha value is -2.50. The van der Waals surface area contributed by atoms with Gasteiger partial charge in [0.05, 0.1) is 0 Å².